The second-order valence-electron chi connectivity index (χ2n) is 5.18. The largest absolute Gasteiger partial charge is 0.468 e. The highest BCUT2D eigenvalue weighted by atomic mass is 19.4. The van der Waals surface area contributed by atoms with Crippen molar-refractivity contribution < 1.29 is 40.7 Å². The van der Waals surface area contributed by atoms with Gasteiger partial charge in [0.1, 0.15) is 0 Å². The summed E-state index contributed by atoms with van der Waals surface area (Å²) in [6.45, 7) is 1.70. The number of ketones is 1. The lowest BCUT2D eigenvalue weighted by molar-refractivity contribution is -0.333. The van der Waals surface area contributed by atoms with E-state index in [0.29, 0.717) is 7.11 Å². The summed E-state index contributed by atoms with van der Waals surface area (Å²) in [6, 6.07) is 5.57. The Bertz CT molecular complexity index is 587. The van der Waals surface area contributed by atoms with Crippen molar-refractivity contribution in [3.8, 4) is 0 Å². The van der Waals surface area contributed by atoms with Crippen molar-refractivity contribution in [1.29, 1.82) is 0 Å². The second-order valence-corrected chi connectivity index (χ2v) is 5.18. The summed E-state index contributed by atoms with van der Waals surface area (Å²) in [6.07, 6.45) is -14.8. The summed E-state index contributed by atoms with van der Waals surface area (Å²) in [5, 5.41) is 0. The van der Waals surface area contributed by atoms with E-state index in [9.17, 15) is 35.9 Å². The van der Waals surface area contributed by atoms with E-state index in [2.05, 4.69) is 4.74 Å². The van der Waals surface area contributed by atoms with Crippen LogP contribution in [-0.2, 0) is 9.53 Å². The molecule has 9 heteroatoms. The van der Waals surface area contributed by atoms with Crippen molar-refractivity contribution in [3.05, 3.63) is 35.4 Å². The van der Waals surface area contributed by atoms with E-state index >= 15 is 0 Å². The molecule has 0 N–H and O–H groups in total. The Hall–Kier alpha value is -2.06. The van der Waals surface area contributed by atoms with E-state index in [1.165, 1.54) is 24.3 Å². The van der Waals surface area contributed by atoms with E-state index < -0.39 is 42.4 Å². The SMILES string of the molecule is COC(=O)C(CCC(=O)c1ccc(C)cc1)(C(F)(F)F)C(F)(F)F. The molecule has 0 atom stereocenters. The molecular formula is C15H14F6O3. The number of aryl methyl sites for hydroxylation is 1. The number of esters is 1. The molecule has 1 aromatic carbocycles. The first kappa shape index (κ1) is 20.0. The Kier molecular flexibility index (Phi) is 5.68. The average molecular weight is 356 g/mol. The molecule has 134 valence electrons. The number of rotatable bonds is 5. The smallest absolute Gasteiger partial charge is 0.413 e. The fourth-order valence-corrected chi connectivity index (χ4v) is 2.14. The molecule has 0 saturated heterocycles. The van der Waals surface area contributed by atoms with Crippen molar-refractivity contribution in [2.45, 2.75) is 32.1 Å². The van der Waals surface area contributed by atoms with Crippen molar-refractivity contribution in [2.24, 2.45) is 5.41 Å². The van der Waals surface area contributed by atoms with Crippen molar-refractivity contribution in [2.75, 3.05) is 7.11 Å². The molecule has 24 heavy (non-hydrogen) atoms. The zero-order valence-electron chi connectivity index (χ0n) is 12.7. The quantitative estimate of drug-likeness (QED) is 0.450. The van der Waals surface area contributed by atoms with Gasteiger partial charge in [-0.15, -0.1) is 0 Å². The number of ether oxygens (including phenoxy) is 1. The molecule has 0 heterocycles. The van der Waals surface area contributed by atoms with E-state index in [1.807, 2.05) is 0 Å². The second kappa shape index (κ2) is 6.82. The predicted molar refractivity (Wildman–Crippen MR) is 71.3 cm³/mol. The zero-order valence-corrected chi connectivity index (χ0v) is 12.7. The van der Waals surface area contributed by atoms with Gasteiger partial charge < -0.3 is 4.74 Å². The highest BCUT2D eigenvalue weighted by Crippen LogP contribution is 2.54. The van der Waals surface area contributed by atoms with Crippen LogP contribution in [0.3, 0.4) is 0 Å². The van der Waals surface area contributed by atoms with Crippen molar-refractivity contribution in [1.82, 2.24) is 0 Å². The van der Waals surface area contributed by atoms with Crippen molar-refractivity contribution in [3.63, 3.8) is 0 Å². The van der Waals surface area contributed by atoms with Gasteiger partial charge in [0.05, 0.1) is 7.11 Å². The summed E-state index contributed by atoms with van der Waals surface area (Å²) >= 11 is 0. The summed E-state index contributed by atoms with van der Waals surface area (Å²) in [7, 11) is 0.427. The lowest BCUT2D eigenvalue weighted by Crippen LogP contribution is -2.56. The maximum absolute atomic E-state index is 13.1. The van der Waals surface area contributed by atoms with Crippen LogP contribution in [0.1, 0.15) is 28.8 Å². The number of alkyl halides is 6. The number of hydrogen-bond donors (Lipinski definition) is 0. The fraction of sp³-hybridized carbons (Fsp3) is 0.467. The molecule has 0 aliphatic heterocycles. The van der Waals surface area contributed by atoms with Gasteiger partial charge in [-0.25, -0.2) is 0 Å². The lowest BCUT2D eigenvalue weighted by Gasteiger charge is -2.34. The van der Waals surface area contributed by atoms with Gasteiger partial charge in [-0.3, -0.25) is 9.59 Å². The summed E-state index contributed by atoms with van der Waals surface area (Å²) < 4.78 is 82.2. The van der Waals surface area contributed by atoms with E-state index in [0.717, 1.165) is 5.56 Å². The minimum atomic E-state index is -5.95. The Balaban J connectivity index is 3.16. The maximum Gasteiger partial charge on any atom is 0.413 e. The van der Waals surface area contributed by atoms with Crippen LogP contribution in [0.25, 0.3) is 0 Å². The molecule has 1 rings (SSSR count). The predicted octanol–water partition coefficient (Wildman–Crippen LogP) is 4.24. The number of carbonyl (C=O) groups is 2. The number of Topliss-reactive ketones (excluding diaryl/α,β-unsaturated/α-hetero) is 1. The normalized spacial score (nSPS) is 12.8. The number of methoxy groups -OCH3 is 1. The van der Waals surface area contributed by atoms with Crippen LogP contribution in [-0.4, -0.2) is 31.2 Å². The fourth-order valence-electron chi connectivity index (χ4n) is 2.14. The van der Waals surface area contributed by atoms with Gasteiger partial charge in [0.15, 0.2) is 5.78 Å². The average Bonchev–Trinajstić information content (AvgIpc) is 2.45. The van der Waals surface area contributed by atoms with Gasteiger partial charge >= 0.3 is 18.3 Å². The standard InChI is InChI=1S/C15H14F6O3/c1-9-3-5-10(6-4-9)11(22)7-8-13(12(23)24-2,14(16,17)18)15(19,20)21/h3-6H,7-8H2,1-2H3. The van der Waals surface area contributed by atoms with Crippen LogP contribution in [0.15, 0.2) is 24.3 Å². The summed E-state index contributed by atoms with van der Waals surface area (Å²) in [4.78, 5) is 23.2. The van der Waals surface area contributed by atoms with Crippen LogP contribution < -0.4 is 0 Å². The summed E-state index contributed by atoms with van der Waals surface area (Å²) in [5.74, 6) is -3.42. The third kappa shape index (κ3) is 3.70. The van der Waals surface area contributed by atoms with Gasteiger partial charge in [0.2, 0.25) is 0 Å². The number of benzene rings is 1. The Morgan fingerprint density at radius 1 is 0.958 bits per heavy atom. The van der Waals surface area contributed by atoms with Crippen molar-refractivity contribution >= 4 is 11.8 Å². The van der Waals surface area contributed by atoms with Gasteiger partial charge in [-0.2, -0.15) is 26.3 Å². The molecule has 0 aromatic heterocycles. The maximum atomic E-state index is 13.1. The van der Waals surface area contributed by atoms with Crippen LogP contribution in [0, 0.1) is 12.3 Å². The summed E-state index contributed by atoms with van der Waals surface area (Å²) in [5.41, 5.74) is -4.01. The first-order chi connectivity index (χ1) is 10.9. The monoisotopic (exact) mass is 356 g/mol. The van der Waals surface area contributed by atoms with Gasteiger partial charge in [-0.05, 0) is 13.3 Å². The van der Waals surface area contributed by atoms with E-state index in [-0.39, 0.29) is 5.56 Å². The number of carbonyl (C=O) groups excluding carboxylic acids is 2. The van der Waals surface area contributed by atoms with Gasteiger partial charge in [0, 0.05) is 12.0 Å². The number of hydrogen-bond acceptors (Lipinski definition) is 3. The molecule has 3 nitrogen and oxygen atoms in total. The molecule has 0 fully saturated rings. The molecule has 0 amide bonds. The van der Waals surface area contributed by atoms with Gasteiger partial charge in [-0.1, -0.05) is 29.8 Å². The molecule has 0 bridgehead atoms. The molecule has 0 saturated carbocycles. The Morgan fingerprint density at radius 3 is 1.79 bits per heavy atom. The minimum absolute atomic E-state index is 0.0382. The zero-order chi connectivity index (χ0) is 18.8. The molecule has 0 spiro atoms. The van der Waals surface area contributed by atoms with Gasteiger partial charge in [0.25, 0.3) is 5.41 Å². The van der Waals surface area contributed by atoms with Crippen LogP contribution in [0.5, 0.6) is 0 Å². The van der Waals surface area contributed by atoms with Crippen LogP contribution in [0.2, 0.25) is 0 Å². The molecule has 0 aliphatic rings. The molecule has 0 unspecified atom stereocenters. The Morgan fingerprint density at radius 2 is 1.42 bits per heavy atom. The third-order valence-corrected chi connectivity index (χ3v) is 3.60. The molecule has 0 radical (unpaired) electrons. The first-order valence-corrected chi connectivity index (χ1v) is 6.68. The molecule has 1 aromatic rings. The van der Waals surface area contributed by atoms with E-state index in [4.69, 9.17) is 0 Å². The highest BCUT2D eigenvalue weighted by Gasteiger charge is 2.76. The van der Waals surface area contributed by atoms with E-state index in [1.54, 1.807) is 6.92 Å². The highest BCUT2D eigenvalue weighted by molar-refractivity contribution is 5.96. The third-order valence-electron chi connectivity index (χ3n) is 3.60. The molecular weight excluding hydrogens is 342 g/mol. The topological polar surface area (TPSA) is 43.4 Å². The first-order valence-electron chi connectivity index (χ1n) is 6.68. The molecule has 0 aliphatic carbocycles. The van der Waals surface area contributed by atoms with Crippen LogP contribution >= 0.6 is 0 Å². The van der Waals surface area contributed by atoms with Crippen LogP contribution in [0.4, 0.5) is 26.3 Å². The Labute approximate surface area is 133 Å². The number of halogens is 6. The minimum Gasteiger partial charge on any atom is -0.468 e. The lowest BCUT2D eigenvalue weighted by atomic mass is 9.80.